The number of halogens is 1. The molecule has 0 saturated heterocycles. The molecule has 19 heavy (non-hydrogen) atoms. The van der Waals surface area contributed by atoms with E-state index in [1.165, 1.54) is 0 Å². The topological polar surface area (TPSA) is 54.4 Å². The molecule has 1 unspecified atom stereocenters. The van der Waals surface area contributed by atoms with Crippen LogP contribution < -0.4 is 0 Å². The lowest BCUT2D eigenvalue weighted by Gasteiger charge is -2.35. The first-order valence-corrected chi connectivity index (χ1v) is 6.48. The molecule has 1 aromatic carbocycles. The van der Waals surface area contributed by atoms with Gasteiger partial charge < -0.3 is 5.11 Å². The van der Waals surface area contributed by atoms with Crippen molar-refractivity contribution in [3.63, 3.8) is 0 Å². The molecule has 0 amide bonds. The summed E-state index contributed by atoms with van der Waals surface area (Å²) in [6, 6.07) is 9.02. The van der Waals surface area contributed by atoms with Crippen LogP contribution in [0, 0.1) is 5.41 Å². The molecule has 1 aliphatic rings. The van der Waals surface area contributed by atoms with E-state index in [0.29, 0.717) is 0 Å². The van der Waals surface area contributed by atoms with E-state index in [9.17, 15) is 19.1 Å². The van der Waals surface area contributed by atoms with Crippen molar-refractivity contribution in [3.05, 3.63) is 35.9 Å². The maximum Gasteiger partial charge on any atom is 0.312 e. The first kappa shape index (κ1) is 13.7. The maximum atomic E-state index is 14.5. The third-order valence-corrected chi connectivity index (χ3v) is 3.98. The predicted octanol–water partition coefficient (Wildman–Crippen LogP) is 2.78. The minimum Gasteiger partial charge on any atom is -0.481 e. The second-order valence-electron chi connectivity index (χ2n) is 5.16. The highest BCUT2D eigenvalue weighted by atomic mass is 19.1. The first-order chi connectivity index (χ1) is 9.04. The number of hydrogen-bond acceptors (Lipinski definition) is 2. The van der Waals surface area contributed by atoms with Crippen molar-refractivity contribution in [1.29, 1.82) is 0 Å². The Bertz CT molecular complexity index is 460. The number of benzene rings is 1. The molecule has 0 heterocycles. The monoisotopic (exact) mass is 264 g/mol. The second kappa shape index (κ2) is 5.51. The van der Waals surface area contributed by atoms with Gasteiger partial charge in [-0.1, -0.05) is 30.3 Å². The zero-order valence-electron chi connectivity index (χ0n) is 10.6. The quantitative estimate of drug-likeness (QED) is 0.909. The van der Waals surface area contributed by atoms with Crippen LogP contribution >= 0.6 is 0 Å². The van der Waals surface area contributed by atoms with Crippen molar-refractivity contribution in [2.24, 2.45) is 5.41 Å². The van der Waals surface area contributed by atoms with Gasteiger partial charge in [-0.25, -0.2) is 4.39 Å². The summed E-state index contributed by atoms with van der Waals surface area (Å²) < 4.78 is 14.5. The summed E-state index contributed by atoms with van der Waals surface area (Å²) in [7, 11) is 0. The summed E-state index contributed by atoms with van der Waals surface area (Å²) in [5, 5.41) is 9.37. The Morgan fingerprint density at radius 2 is 1.84 bits per heavy atom. The summed E-state index contributed by atoms with van der Waals surface area (Å²) in [6.07, 6.45) is -0.824. The van der Waals surface area contributed by atoms with Crippen LogP contribution in [0.4, 0.5) is 4.39 Å². The van der Waals surface area contributed by atoms with Crippen molar-refractivity contribution in [2.45, 2.75) is 38.3 Å². The van der Waals surface area contributed by atoms with Crippen LogP contribution in [0.5, 0.6) is 0 Å². The fourth-order valence-corrected chi connectivity index (χ4v) is 2.65. The van der Waals surface area contributed by atoms with Crippen molar-refractivity contribution in [3.8, 4) is 0 Å². The number of aliphatic carboxylic acids is 1. The Hall–Kier alpha value is -1.71. The van der Waals surface area contributed by atoms with Crippen LogP contribution in [0.25, 0.3) is 0 Å². The largest absolute Gasteiger partial charge is 0.481 e. The highest BCUT2D eigenvalue weighted by molar-refractivity contribution is 5.84. The molecule has 0 spiro atoms. The number of hydrogen-bond donors (Lipinski definition) is 1. The Kier molecular flexibility index (Phi) is 3.98. The van der Waals surface area contributed by atoms with E-state index in [1.807, 2.05) is 6.07 Å². The van der Waals surface area contributed by atoms with Crippen LogP contribution in [0.2, 0.25) is 0 Å². The van der Waals surface area contributed by atoms with Crippen molar-refractivity contribution < 1.29 is 19.1 Å². The van der Waals surface area contributed by atoms with E-state index in [2.05, 4.69) is 0 Å². The molecule has 0 radical (unpaired) electrons. The minimum absolute atomic E-state index is 0.0313. The number of Topliss-reactive ketones (excluding diaryl/α,β-unsaturated/α-hetero) is 1. The molecule has 1 saturated carbocycles. The zero-order chi connectivity index (χ0) is 13.9. The summed E-state index contributed by atoms with van der Waals surface area (Å²) in [6.45, 7) is 0. The zero-order valence-corrected chi connectivity index (χ0v) is 10.6. The summed E-state index contributed by atoms with van der Waals surface area (Å²) >= 11 is 0. The molecule has 1 N–H and O–H groups in total. The molecule has 1 aliphatic carbocycles. The van der Waals surface area contributed by atoms with Gasteiger partial charge in [0.05, 0.1) is 0 Å². The van der Waals surface area contributed by atoms with E-state index in [4.69, 9.17) is 0 Å². The van der Waals surface area contributed by atoms with E-state index in [0.717, 1.165) is 5.56 Å². The SMILES string of the molecule is O=C1CCC(C(=O)O)(C(F)Cc2ccccc2)CC1. The molecule has 1 atom stereocenters. The van der Waals surface area contributed by atoms with Gasteiger partial charge in [0.2, 0.25) is 0 Å². The summed E-state index contributed by atoms with van der Waals surface area (Å²) in [5.74, 6) is -1.09. The number of ketones is 1. The third kappa shape index (κ3) is 2.83. The van der Waals surface area contributed by atoms with Gasteiger partial charge in [0.1, 0.15) is 17.4 Å². The third-order valence-electron chi connectivity index (χ3n) is 3.98. The van der Waals surface area contributed by atoms with Gasteiger partial charge in [-0.3, -0.25) is 9.59 Å². The molecule has 1 aromatic rings. The average Bonchev–Trinajstić information content (AvgIpc) is 2.40. The molecule has 2 rings (SSSR count). The molecule has 0 aromatic heterocycles. The lowest BCUT2D eigenvalue weighted by atomic mass is 9.69. The normalized spacial score (nSPS) is 19.9. The van der Waals surface area contributed by atoms with Crippen LogP contribution in [-0.4, -0.2) is 23.0 Å². The molecule has 102 valence electrons. The first-order valence-electron chi connectivity index (χ1n) is 6.48. The fourth-order valence-electron chi connectivity index (χ4n) is 2.65. The van der Waals surface area contributed by atoms with Gasteiger partial charge in [0.25, 0.3) is 0 Å². The number of carbonyl (C=O) groups excluding carboxylic acids is 1. The molecular weight excluding hydrogens is 247 g/mol. The molecule has 3 nitrogen and oxygen atoms in total. The summed E-state index contributed by atoms with van der Waals surface area (Å²) in [5.41, 5.74) is -0.614. The Morgan fingerprint density at radius 3 is 2.37 bits per heavy atom. The standard InChI is InChI=1S/C15H17FO3/c16-13(10-11-4-2-1-3-5-11)15(14(18)19)8-6-12(17)7-9-15/h1-5,13H,6-10H2,(H,18,19). The molecule has 0 bridgehead atoms. The highest BCUT2D eigenvalue weighted by Gasteiger charge is 2.48. The lowest BCUT2D eigenvalue weighted by molar-refractivity contribution is -0.157. The van der Waals surface area contributed by atoms with Gasteiger partial charge in [-0.05, 0) is 18.4 Å². The average molecular weight is 264 g/mol. The predicted molar refractivity (Wildman–Crippen MR) is 68.6 cm³/mol. The van der Waals surface area contributed by atoms with Crippen molar-refractivity contribution in [1.82, 2.24) is 0 Å². The molecule has 1 fully saturated rings. The number of rotatable bonds is 4. The van der Waals surface area contributed by atoms with Crippen molar-refractivity contribution in [2.75, 3.05) is 0 Å². The van der Waals surface area contributed by atoms with Gasteiger partial charge in [-0.2, -0.15) is 0 Å². The second-order valence-corrected chi connectivity index (χ2v) is 5.16. The van der Waals surface area contributed by atoms with Gasteiger partial charge in [0.15, 0.2) is 0 Å². The highest BCUT2D eigenvalue weighted by Crippen LogP contribution is 2.41. The Labute approximate surface area is 111 Å². The van der Waals surface area contributed by atoms with Crippen LogP contribution in [0.15, 0.2) is 30.3 Å². The lowest BCUT2D eigenvalue weighted by Crippen LogP contribution is -2.44. The number of alkyl halides is 1. The molecule has 0 aliphatic heterocycles. The smallest absolute Gasteiger partial charge is 0.312 e. The Balaban J connectivity index is 2.15. The molecule has 4 heteroatoms. The molecular formula is C15H17FO3. The fraction of sp³-hybridized carbons (Fsp3) is 0.467. The van der Waals surface area contributed by atoms with E-state index in [1.54, 1.807) is 24.3 Å². The van der Waals surface area contributed by atoms with Gasteiger partial charge in [-0.15, -0.1) is 0 Å². The summed E-state index contributed by atoms with van der Waals surface area (Å²) in [4.78, 5) is 22.7. The Morgan fingerprint density at radius 1 is 1.26 bits per heavy atom. The van der Waals surface area contributed by atoms with Crippen LogP contribution in [0.3, 0.4) is 0 Å². The number of carbonyl (C=O) groups is 2. The van der Waals surface area contributed by atoms with E-state index in [-0.39, 0.29) is 37.9 Å². The number of carboxylic acid groups (broad SMARTS) is 1. The number of carboxylic acids is 1. The van der Waals surface area contributed by atoms with Crippen molar-refractivity contribution >= 4 is 11.8 Å². The van der Waals surface area contributed by atoms with Crippen LogP contribution in [-0.2, 0) is 16.0 Å². The van der Waals surface area contributed by atoms with Gasteiger partial charge in [0, 0.05) is 19.3 Å². The van der Waals surface area contributed by atoms with Gasteiger partial charge >= 0.3 is 5.97 Å². The van der Waals surface area contributed by atoms with E-state index < -0.39 is 17.6 Å². The minimum atomic E-state index is -1.46. The maximum absolute atomic E-state index is 14.5. The van der Waals surface area contributed by atoms with E-state index >= 15 is 0 Å². The van der Waals surface area contributed by atoms with Crippen LogP contribution in [0.1, 0.15) is 31.2 Å².